The van der Waals surface area contributed by atoms with Gasteiger partial charge in [-0.1, -0.05) is 38.5 Å². The van der Waals surface area contributed by atoms with Gasteiger partial charge in [-0.05, 0) is 25.0 Å². The highest BCUT2D eigenvalue weighted by Gasteiger charge is 2.17. The Balaban J connectivity index is 1.92. The van der Waals surface area contributed by atoms with Crippen LogP contribution in [-0.2, 0) is 0 Å². The lowest BCUT2D eigenvalue weighted by atomic mass is 10.1. The van der Waals surface area contributed by atoms with Gasteiger partial charge in [0.2, 0.25) is 0 Å². The SMILES string of the molecule is O=C(c1ccco1)N1CCCCCCCCCC1. The maximum absolute atomic E-state index is 12.2. The van der Waals surface area contributed by atoms with Crippen molar-refractivity contribution in [1.29, 1.82) is 0 Å². The molecule has 0 aromatic carbocycles. The molecule has 0 saturated carbocycles. The molecule has 0 bridgehead atoms. The average Bonchev–Trinajstić information content (AvgIpc) is 2.88. The van der Waals surface area contributed by atoms with E-state index in [1.54, 1.807) is 18.4 Å². The zero-order valence-electron chi connectivity index (χ0n) is 11.1. The number of carbonyl (C=O) groups excluding carboxylic acids is 1. The summed E-state index contributed by atoms with van der Waals surface area (Å²) in [7, 11) is 0. The van der Waals surface area contributed by atoms with Crippen molar-refractivity contribution in [2.45, 2.75) is 51.4 Å². The van der Waals surface area contributed by atoms with Crippen LogP contribution in [0.15, 0.2) is 22.8 Å². The number of carbonyl (C=O) groups is 1. The lowest BCUT2D eigenvalue weighted by molar-refractivity contribution is 0.0718. The van der Waals surface area contributed by atoms with E-state index >= 15 is 0 Å². The maximum Gasteiger partial charge on any atom is 0.289 e. The predicted octanol–water partition coefficient (Wildman–Crippen LogP) is 3.86. The summed E-state index contributed by atoms with van der Waals surface area (Å²) >= 11 is 0. The topological polar surface area (TPSA) is 33.5 Å². The molecule has 1 amide bonds. The van der Waals surface area contributed by atoms with Crippen LogP contribution in [0.3, 0.4) is 0 Å². The molecule has 3 nitrogen and oxygen atoms in total. The third kappa shape index (κ3) is 3.90. The molecule has 1 fully saturated rings. The lowest BCUT2D eigenvalue weighted by Gasteiger charge is -2.21. The van der Waals surface area contributed by atoms with Gasteiger partial charge in [0, 0.05) is 13.1 Å². The highest BCUT2D eigenvalue weighted by molar-refractivity contribution is 5.91. The van der Waals surface area contributed by atoms with Crippen LogP contribution >= 0.6 is 0 Å². The Morgan fingerprint density at radius 1 is 0.944 bits per heavy atom. The Hall–Kier alpha value is -1.25. The molecule has 1 aliphatic heterocycles. The second-order valence-electron chi connectivity index (χ2n) is 5.10. The minimum atomic E-state index is 0.0549. The highest BCUT2D eigenvalue weighted by Crippen LogP contribution is 2.14. The molecule has 100 valence electrons. The van der Waals surface area contributed by atoms with E-state index in [1.807, 2.05) is 4.90 Å². The van der Waals surface area contributed by atoms with Crippen LogP contribution in [0.1, 0.15) is 61.9 Å². The summed E-state index contributed by atoms with van der Waals surface area (Å²) in [5.74, 6) is 0.532. The Bertz CT molecular complexity index is 333. The summed E-state index contributed by atoms with van der Waals surface area (Å²) in [5, 5.41) is 0. The van der Waals surface area contributed by atoms with E-state index in [-0.39, 0.29) is 5.91 Å². The molecular weight excluding hydrogens is 226 g/mol. The van der Waals surface area contributed by atoms with Gasteiger partial charge in [0.15, 0.2) is 5.76 Å². The van der Waals surface area contributed by atoms with Gasteiger partial charge in [0.25, 0.3) is 5.91 Å². The van der Waals surface area contributed by atoms with Crippen molar-refractivity contribution in [3.05, 3.63) is 24.2 Å². The standard InChI is InChI=1S/C15H23NO2/c17-15(14-10-9-13-18-14)16-11-7-5-3-1-2-4-6-8-12-16/h9-10,13H,1-8,11-12H2. The maximum atomic E-state index is 12.2. The fourth-order valence-corrected chi connectivity index (χ4v) is 2.54. The van der Waals surface area contributed by atoms with E-state index in [0.717, 1.165) is 25.9 Å². The molecule has 1 aliphatic rings. The number of rotatable bonds is 1. The average molecular weight is 249 g/mol. The van der Waals surface area contributed by atoms with Gasteiger partial charge >= 0.3 is 0 Å². The molecule has 3 heteroatoms. The summed E-state index contributed by atoms with van der Waals surface area (Å²) < 4.78 is 5.21. The first kappa shape index (κ1) is 13.2. The van der Waals surface area contributed by atoms with E-state index in [4.69, 9.17) is 4.42 Å². The zero-order valence-corrected chi connectivity index (χ0v) is 11.1. The van der Waals surface area contributed by atoms with Crippen LogP contribution < -0.4 is 0 Å². The van der Waals surface area contributed by atoms with Crippen molar-refractivity contribution in [3.63, 3.8) is 0 Å². The summed E-state index contributed by atoms with van der Waals surface area (Å²) in [6.45, 7) is 1.75. The number of amides is 1. The Morgan fingerprint density at radius 3 is 2.00 bits per heavy atom. The van der Waals surface area contributed by atoms with E-state index in [0.29, 0.717) is 5.76 Å². The number of furan rings is 1. The van der Waals surface area contributed by atoms with Crippen LogP contribution in [0.2, 0.25) is 0 Å². The molecule has 0 unspecified atom stereocenters. The first-order valence-electron chi connectivity index (χ1n) is 7.21. The van der Waals surface area contributed by atoms with Gasteiger partial charge in [-0.2, -0.15) is 0 Å². The molecule has 1 aromatic heterocycles. The second kappa shape index (κ2) is 7.24. The van der Waals surface area contributed by atoms with Crippen molar-refractivity contribution in [1.82, 2.24) is 4.90 Å². The quantitative estimate of drug-likeness (QED) is 0.757. The first-order chi connectivity index (χ1) is 8.88. The predicted molar refractivity (Wildman–Crippen MR) is 71.5 cm³/mol. The molecule has 0 aliphatic carbocycles. The molecular formula is C15H23NO2. The van der Waals surface area contributed by atoms with Crippen molar-refractivity contribution in [2.75, 3.05) is 13.1 Å². The third-order valence-corrected chi connectivity index (χ3v) is 3.63. The largest absolute Gasteiger partial charge is 0.459 e. The summed E-state index contributed by atoms with van der Waals surface area (Å²) in [5.41, 5.74) is 0. The molecule has 2 heterocycles. The van der Waals surface area contributed by atoms with Crippen molar-refractivity contribution < 1.29 is 9.21 Å². The molecule has 0 N–H and O–H groups in total. The van der Waals surface area contributed by atoms with E-state index < -0.39 is 0 Å². The summed E-state index contributed by atoms with van der Waals surface area (Å²) in [6.07, 6.45) is 11.6. The van der Waals surface area contributed by atoms with Crippen LogP contribution in [0, 0.1) is 0 Å². The zero-order chi connectivity index (χ0) is 12.6. The van der Waals surface area contributed by atoms with Crippen LogP contribution in [0.5, 0.6) is 0 Å². The van der Waals surface area contributed by atoms with Crippen molar-refractivity contribution in [3.8, 4) is 0 Å². The number of nitrogens with zero attached hydrogens (tertiary/aromatic N) is 1. The summed E-state index contributed by atoms with van der Waals surface area (Å²) in [4.78, 5) is 14.2. The van der Waals surface area contributed by atoms with Crippen LogP contribution in [0.25, 0.3) is 0 Å². The molecule has 1 aromatic rings. The highest BCUT2D eigenvalue weighted by atomic mass is 16.3. The van der Waals surface area contributed by atoms with Gasteiger partial charge in [-0.15, -0.1) is 0 Å². The summed E-state index contributed by atoms with van der Waals surface area (Å²) in [6, 6.07) is 3.53. The first-order valence-corrected chi connectivity index (χ1v) is 7.21. The normalized spacial score (nSPS) is 19.2. The van der Waals surface area contributed by atoms with E-state index in [1.165, 1.54) is 38.5 Å². The van der Waals surface area contributed by atoms with Gasteiger partial charge in [0.1, 0.15) is 0 Å². The fourth-order valence-electron chi connectivity index (χ4n) is 2.54. The molecule has 0 atom stereocenters. The smallest absolute Gasteiger partial charge is 0.289 e. The Labute approximate surface area is 109 Å². The fraction of sp³-hybridized carbons (Fsp3) is 0.667. The third-order valence-electron chi connectivity index (χ3n) is 3.63. The number of hydrogen-bond acceptors (Lipinski definition) is 2. The van der Waals surface area contributed by atoms with Crippen molar-refractivity contribution >= 4 is 5.91 Å². The Morgan fingerprint density at radius 2 is 1.50 bits per heavy atom. The van der Waals surface area contributed by atoms with E-state index in [9.17, 15) is 4.79 Å². The number of hydrogen-bond donors (Lipinski definition) is 0. The lowest BCUT2D eigenvalue weighted by Crippen LogP contribution is -2.32. The minimum absolute atomic E-state index is 0.0549. The van der Waals surface area contributed by atoms with Crippen LogP contribution in [0.4, 0.5) is 0 Å². The second-order valence-corrected chi connectivity index (χ2v) is 5.10. The van der Waals surface area contributed by atoms with E-state index in [2.05, 4.69) is 0 Å². The van der Waals surface area contributed by atoms with Crippen molar-refractivity contribution in [2.24, 2.45) is 0 Å². The van der Waals surface area contributed by atoms with Gasteiger partial charge in [0.05, 0.1) is 6.26 Å². The monoisotopic (exact) mass is 249 g/mol. The molecule has 18 heavy (non-hydrogen) atoms. The minimum Gasteiger partial charge on any atom is -0.459 e. The molecule has 1 saturated heterocycles. The Kier molecular flexibility index (Phi) is 5.31. The van der Waals surface area contributed by atoms with Crippen LogP contribution in [-0.4, -0.2) is 23.9 Å². The van der Waals surface area contributed by atoms with Gasteiger partial charge in [-0.25, -0.2) is 0 Å². The van der Waals surface area contributed by atoms with Gasteiger partial charge in [-0.3, -0.25) is 4.79 Å². The van der Waals surface area contributed by atoms with Gasteiger partial charge < -0.3 is 9.32 Å². The molecule has 2 rings (SSSR count). The molecule has 0 radical (unpaired) electrons. The molecule has 0 spiro atoms.